The third-order valence-corrected chi connectivity index (χ3v) is 3.77. The van der Waals surface area contributed by atoms with E-state index in [1.165, 1.54) is 6.33 Å². The lowest BCUT2D eigenvalue weighted by Crippen LogP contribution is -2.54. The first-order valence-corrected chi connectivity index (χ1v) is 6.28. The second-order valence-corrected chi connectivity index (χ2v) is 4.98. The lowest BCUT2D eigenvalue weighted by atomic mass is 9.68. The van der Waals surface area contributed by atoms with Gasteiger partial charge in [-0.05, 0) is 12.8 Å². The van der Waals surface area contributed by atoms with Crippen LogP contribution in [0.5, 0.6) is 0 Å². The number of amides is 1. The highest BCUT2D eigenvalue weighted by Crippen LogP contribution is 2.40. The zero-order valence-electron chi connectivity index (χ0n) is 10.6. The minimum atomic E-state index is -1.06. The van der Waals surface area contributed by atoms with Crippen molar-refractivity contribution in [1.82, 2.24) is 15.3 Å². The van der Waals surface area contributed by atoms with Crippen LogP contribution in [-0.4, -0.2) is 39.5 Å². The maximum Gasteiger partial charge on any atom is 0.326 e. The lowest BCUT2D eigenvalue weighted by molar-refractivity contribution is -0.145. The topological polar surface area (TPSA) is 121 Å². The molecule has 1 aromatic heterocycles. The highest BCUT2D eigenvalue weighted by molar-refractivity contribution is 5.88. The number of aromatic amines is 1. The van der Waals surface area contributed by atoms with Crippen LogP contribution in [0.3, 0.4) is 0 Å². The van der Waals surface area contributed by atoms with Crippen LogP contribution in [0.4, 0.5) is 0 Å². The van der Waals surface area contributed by atoms with Crippen molar-refractivity contribution in [2.24, 2.45) is 11.1 Å². The van der Waals surface area contributed by atoms with E-state index in [2.05, 4.69) is 15.3 Å². The van der Waals surface area contributed by atoms with Crippen molar-refractivity contribution in [3.05, 3.63) is 18.2 Å². The van der Waals surface area contributed by atoms with Gasteiger partial charge >= 0.3 is 5.97 Å². The SMILES string of the molecule is NCC1(C(=O)NC(Cc2cnc[nH]2)C(=O)O)CCC1. The molecule has 19 heavy (non-hydrogen) atoms. The minimum absolute atomic E-state index is 0.182. The van der Waals surface area contributed by atoms with Gasteiger partial charge in [0.25, 0.3) is 0 Å². The zero-order chi connectivity index (χ0) is 13.9. The van der Waals surface area contributed by atoms with Crippen molar-refractivity contribution >= 4 is 11.9 Å². The molecule has 7 nitrogen and oxygen atoms in total. The molecule has 0 spiro atoms. The van der Waals surface area contributed by atoms with Crippen LogP contribution in [0.2, 0.25) is 0 Å². The molecule has 0 radical (unpaired) electrons. The molecular weight excluding hydrogens is 248 g/mol. The Morgan fingerprint density at radius 3 is 2.74 bits per heavy atom. The molecule has 1 saturated carbocycles. The molecule has 5 N–H and O–H groups in total. The van der Waals surface area contributed by atoms with E-state index >= 15 is 0 Å². The fourth-order valence-corrected chi connectivity index (χ4v) is 2.26. The van der Waals surface area contributed by atoms with E-state index in [0.29, 0.717) is 5.69 Å². The fraction of sp³-hybridized carbons (Fsp3) is 0.583. The first-order valence-electron chi connectivity index (χ1n) is 6.28. The summed E-state index contributed by atoms with van der Waals surface area (Å²) in [5.41, 5.74) is 5.73. The van der Waals surface area contributed by atoms with Gasteiger partial charge < -0.3 is 21.1 Å². The number of aliphatic carboxylic acids is 1. The summed E-state index contributed by atoms with van der Waals surface area (Å²) in [5.74, 6) is -1.32. The molecule has 0 saturated heterocycles. The number of H-pyrrole nitrogens is 1. The number of nitrogens with two attached hydrogens (primary N) is 1. The first kappa shape index (κ1) is 13.5. The van der Waals surface area contributed by atoms with Gasteiger partial charge in [0.15, 0.2) is 0 Å². The maximum absolute atomic E-state index is 12.1. The van der Waals surface area contributed by atoms with Crippen molar-refractivity contribution in [1.29, 1.82) is 0 Å². The first-order chi connectivity index (χ1) is 9.07. The second-order valence-electron chi connectivity index (χ2n) is 4.98. The quantitative estimate of drug-likeness (QED) is 0.561. The number of hydrogen-bond donors (Lipinski definition) is 4. The molecule has 1 aliphatic carbocycles. The van der Waals surface area contributed by atoms with Crippen molar-refractivity contribution in [2.45, 2.75) is 31.7 Å². The van der Waals surface area contributed by atoms with E-state index in [0.717, 1.165) is 19.3 Å². The summed E-state index contributed by atoms with van der Waals surface area (Å²) in [4.78, 5) is 30.0. The smallest absolute Gasteiger partial charge is 0.326 e. The van der Waals surface area contributed by atoms with Gasteiger partial charge in [0.2, 0.25) is 5.91 Å². The van der Waals surface area contributed by atoms with Gasteiger partial charge in [-0.1, -0.05) is 6.42 Å². The predicted molar refractivity (Wildman–Crippen MR) is 67.2 cm³/mol. The molecule has 0 aliphatic heterocycles. The van der Waals surface area contributed by atoms with Crippen LogP contribution in [0.1, 0.15) is 25.0 Å². The summed E-state index contributed by atoms with van der Waals surface area (Å²) in [6, 6.07) is -0.961. The molecule has 1 aliphatic rings. The summed E-state index contributed by atoms with van der Waals surface area (Å²) in [7, 11) is 0. The number of carbonyl (C=O) groups is 2. The Labute approximate surface area is 110 Å². The Hall–Kier alpha value is -1.89. The summed E-state index contributed by atoms with van der Waals surface area (Å²) < 4.78 is 0. The van der Waals surface area contributed by atoms with E-state index in [-0.39, 0.29) is 18.9 Å². The van der Waals surface area contributed by atoms with Crippen LogP contribution < -0.4 is 11.1 Å². The predicted octanol–water partition coefficient (Wildman–Crippen LogP) is -0.349. The van der Waals surface area contributed by atoms with E-state index in [9.17, 15) is 9.59 Å². The van der Waals surface area contributed by atoms with Gasteiger partial charge in [0, 0.05) is 24.9 Å². The Morgan fingerprint density at radius 2 is 2.32 bits per heavy atom. The van der Waals surface area contributed by atoms with Crippen LogP contribution >= 0.6 is 0 Å². The average molecular weight is 266 g/mol. The third-order valence-electron chi connectivity index (χ3n) is 3.77. The molecule has 1 unspecified atom stereocenters. The largest absolute Gasteiger partial charge is 0.480 e. The van der Waals surface area contributed by atoms with Gasteiger partial charge in [0.1, 0.15) is 6.04 Å². The standard InChI is InChI=1S/C12H18N4O3/c13-6-12(2-1-3-12)11(19)16-9(10(17)18)4-8-5-14-7-15-8/h5,7,9H,1-4,6,13H2,(H,14,15)(H,16,19)(H,17,18). The molecule has 1 amide bonds. The van der Waals surface area contributed by atoms with Crippen molar-refractivity contribution < 1.29 is 14.7 Å². The van der Waals surface area contributed by atoms with E-state index in [4.69, 9.17) is 10.8 Å². The molecule has 1 fully saturated rings. The summed E-state index contributed by atoms with van der Waals surface area (Å²) in [6.07, 6.45) is 5.62. The lowest BCUT2D eigenvalue weighted by Gasteiger charge is -2.39. The fourth-order valence-electron chi connectivity index (χ4n) is 2.26. The normalized spacial score (nSPS) is 18.4. The van der Waals surface area contributed by atoms with Crippen LogP contribution in [-0.2, 0) is 16.0 Å². The Kier molecular flexibility index (Phi) is 3.84. The van der Waals surface area contributed by atoms with E-state index in [1.807, 2.05) is 0 Å². The summed E-state index contributed by atoms with van der Waals surface area (Å²) >= 11 is 0. The number of rotatable bonds is 6. The van der Waals surface area contributed by atoms with Gasteiger partial charge in [-0.15, -0.1) is 0 Å². The molecular formula is C12H18N4O3. The molecule has 1 heterocycles. The Balaban J connectivity index is 2.00. The van der Waals surface area contributed by atoms with Crippen LogP contribution in [0, 0.1) is 5.41 Å². The van der Waals surface area contributed by atoms with Crippen molar-refractivity contribution in [3.8, 4) is 0 Å². The highest BCUT2D eigenvalue weighted by Gasteiger charge is 2.43. The number of aromatic nitrogens is 2. The molecule has 1 atom stereocenters. The molecule has 104 valence electrons. The van der Waals surface area contributed by atoms with Crippen molar-refractivity contribution in [2.75, 3.05) is 6.54 Å². The molecule has 0 bridgehead atoms. The van der Waals surface area contributed by atoms with Crippen molar-refractivity contribution in [3.63, 3.8) is 0 Å². The number of nitrogens with one attached hydrogen (secondary N) is 2. The zero-order valence-corrected chi connectivity index (χ0v) is 10.6. The maximum atomic E-state index is 12.1. The second kappa shape index (κ2) is 5.40. The minimum Gasteiger partial charge on any atom is -0.480 e. The third kappa shape index (κ3) is 2.76. The number of nitrogens with zero attached hydrogens (tertiary/aromatic N) is 1. The van der Waals surface area contributed by atoms with Gasteiger partial charge in [-0.2, -0.15) is 0 Å². The number of carboxylic acid groups (broad SMARTS) is 1. The Bertz CT molecular complexity index is 448. The Morgan fingerprint density at radius 1 is 1.58 bits per heavy atom. The summed E-state index contributed by atoms with van der Waals surface area (Å²) in [5, 5.41) is 11.8. The number of imidazole rings is 1. The molecule has 7 heteroatoms. The van der Waals surface area contributed by atoms with Gasteiger partial charge in [-0.25, -0.2) is 9.78 Å². The van der Waals surface area contributed by atoms with Crippen LogP contribution in [0.25, 0.3) is 0 Å². The van der Waals surface area contributed by atoms with Gasteiger partial charge in [0.05, 0.1) is 11.7 Å². The molecule has 2 rings (SSSR count). The van der Waals surface area contributed by atoms with Crippen LogP contribution in [0.15, 0.2) is 12.5 Å². The van der Waals surface area contributed by atoms with E-state index in [1.54, 1.807) is 6.20 Å². The van der Waals surface area contributed by atoms with Gasteiger partial charge in [-0.3, -0.25) is 4.79 Å². The monoisotopic (exact) mass is 266 g/mol. The number of carbonyl (C=O) groups excluding carboxylic acids is 1. The molecule has 0 aromatic carbocycles. The number of carboxylic acids is 1. The average Bonchev–Trinajstić information content (AvgIpc) is 2.80. The number of hydrogen-bond acceptors (Lipinski definition) is 4. The molecule has 1 aromatic rings. The summed E-state index contributed by atoms with van der Waals surface area (Å²) in [6.45, 7) is 0.259. The van der Waals surface area contributed by atoms with E-state index < -0.39 is 17.4 Å². The highest BCUT2D eigenvalue weighted by atomic mass is 16.4.